The van der Waals surface area contributed by atoms with Gasteiger partial charge in [-0.25, -0.2) is 0 Å². The van der Waals surface area contributed by atoms with Gasteiger partial charge in [0.1, 0.15) is 0 Å². The van der Waals surface area contributed by atoms with E-state index in [2.05, 4.69) is 159 Å². The van der Waals surface area contributed by atoms with Crippen LogP contribution >= 0.6 is 0 Å². The quantitative estimate of drug-likeness (QED) is 0.141. The van der Waals surface area contributed by atoms with Crippen LogP contribution in [-0.2, 0) is 23.3 Å². The summed E-state index contributed by atoms with van der Waals surface area (Å²) in [7, 11) is 0. The zero-order valence-electron chi connectivity index (χ0n) is 21.9. The summed E-state index contributed by atoms with van der Waals surface area (Å²) in [6, 6.07) is 51.6. The van der Waals surface area contributed by atoms with E-state index in [0.717, 1.165) is 0 Å². The van der Waals surface area contributed by atoms with E-state index in [9.17, 15) is 0 Å². The van der Waals surface area contributed by atoms with Gasteiger partial charge >= 0.3 is 70.8 Å². The number of hydrogen-bond donors (Lipinski definition) is 0. The van der Waals surface area contributed by atoms with Crippen LogP contribution < -0.4 is 5.19 Å². The molecule has 0 radical (unpaired) electrons. The second-order valence-electron chi connectivity index (χ2n) is 9.52. The molecule has 0 unspecified atom stereocenters. The summed E-state index contributed by atoms with van der Waals surface area (Å²) >= 11 is 1.69. The molecule has 38 heavy (non-hydrogen) atoms. The third-order valence-corrected chi connectivity index (χ3v) is 10.0. The van der Waals surface area contributed by atoms with Crippen molar-refractivity contribution in [3.05, 3.63) is 151 Å². The molecule has 0 aliphatic heterocycles. The van der Waals surface area contributed by atoms with E-state index < -0.39 is 0 Å². The largest absolute Gasteiger partial charge is 0.165 e. The fraction of sp³-hybridized carbons (Fsp3) is 0.0556. The third kappa shape index (κ3) is 6.21. The van der Waals surface area contributed by atoms with Crippen LogP contribution in [0.5, 0.6) is 0 Å². The van der Waals surface area contributed by atoms with Crippen LogP contribution in [0.4, 0.5) is 0 Å². The maximum Gasteiger partial charge on any atom is -0.0279 e. The molecule has 0 aromatic heterocycles. The van der Waals surface area contributed by atoms with E-state index in [1.54, 1.807) is 28.5 Å². The number of fused-ring (bicyclic) bond motifs is 4. The predicted molar refractivity (Wildman–Crippen MR) is 164 cm³/mol. The number of hydrogen-bond acceptors (Lipinski definition) is 0. The van der Waals surface area contributed by atoms with Gasteiger partial charge in [0.25, 0.3) is 0 Å². The Hall–Kier alpha value is -3.32. The minimum atomic E-state index is -0.122. The molecule has 0 saturated carbocycles. The van der Waals surface area contributed by atoms with Gasteiger partial charge in [0, 0.05) is 0 Å². The Morgan fingerprint density at radius 1 is 0.526 bits per heavy atom. The first-order valence-electron chi connectivity index (χ1n) is 13.0. The Bertz CT molecular complexity index is 1740. The SMILES string of the molecule is C[Si](=[Zr+2])c1ccccc1.Cc1cc2c(-c3ccccc3)cccc2[cH-]1.c1ccc2c(c1)[cH-]c1ccccc12. The van der Waals surface area contributed by atoms with Gasteiger partial charge in [-0.05, 0) is 5.56 Å². The summed E-state index contributed by atoms with van der Waals surface area (Å²) in [6.45, 7) is 4.49. The van der Waals surface area contributed by atoms with Crippen LogP contribution in [-0.4, -0.2) is 5.43 Å². The van der Waals surface area contributed by atoms with Crippen molar-refractivity contribution >= 4 is 42.9 Å². The van der Waals surface area contributed by atoms with Gasteiger partial charge in [0.05, 0.1) is 0 Å². The Morgan fingerprint density at radius 2 is 1.03 bits per heavy atom. The minimum Gasteiger partial charge on any atom is -0.165 e. The van der Waals surface area contributed by atoms with Crippen LogP contribution in [0, 0.1) is 6.92 Å². The van der Waals surface area contributed by atoms with Crippen LogP contribution in [0.25, 0.3) is 43.4 Å². The van der Waals surface area contributed by atoms with Crippen molar-refractivity contribution < 1.29 is 23.3 Å². The summed E-state index contributed by atoms with van der Waals surface area (Å²) in [6.07, 6.45) is 0. The molecule has 182 valence electrons. The summed E-state index contributed by atoms with van der Waals surface area (Å²) in [5.41, 5.74) is 3.83. The molecule has 0 heterocycles. The maximum atomic E-state index is 2.35. The first-order chi connectivity index (χ1) is 18.6. The Morgan fingerprint density at radius 3 is 1.61 bits per heavy atom. The third-order valence-electron chi connectivity index (χ3n) is 6.71. The van der Waals surface area contributed by atoms with Crippen LogP contribution in [0.2, 0.25) is 6.55 Å². The standard InChI is InChI=1S/C16H13.C13H9.C7H8Si.Zr/c1-12-10-14-8-5-9-15(16(14)11-12)13-6-3-2-4-7-13;1-3-7-12-10(5-1)9-11-6-2-4-8-13(11)12;1-8-7-5-3-2-4-6-7;/h2-11H,1H3;1-9H;2-6H,1H3;/q2*-1;;+2. The van der Waals surface area contributed by atoms with Crippen molar-refractivity contribution in [2.24, 2.45) is 0 Å². The van der Waals surface area contributed by atoms with Crippen molar-refractivity contribution in [1.29, 1.82) is 0 Å². The van der Waals surface area contributed by atoms with E-state index in [1.165, 1.54) is 49.0 Å². The van der Waals surface area contributed by atoms with Crippen molar-refractivity contribution in [3.8, 4) is 11.1 Å². The number of aryl methyl sites for hydroxylation is 1. The van der Waals surface area contributed by atoms with E-state index >= 15 is 0 Å². The van der Waals surface area contributed by atoms with Crippen molar-refractivity contribution in [2.75, 3.05) is 0 Å². The van der Waals surface area contributed by atoms with Crippen molar-refractivity contribution in [2.45, 2.75) is 13.5 Å². The summed E-state index contributed by atoms with van der Waals surface area (Å²) in [4.78, 5) is 0. The van der Waals surface area contributed by atoms with Gasteiger partial charge in [-0.15, -0.1) is 74.3 Å². The van der Waals surface area contributed by atoms with Crippen LogP contribution in [0.15, 0.2) is 146 Å². The Balaban J connectivity index is 0.000000121. The Labute approximate surface area is 240 Å². The summed E-state index contributed by atoms with van der Waals surface area (Å²) < 4.78 is 0. The average molecular weight is 582 g/mol. The summed E-state index contributed by atoms with van der Waals surface area (Å²) in [5.74, 6) is 0. The smallest absolute Gasteiger partial charge is 0.0279 e. The van der Waals surface area contributed by atoms with Crippen molar-refractivity contribution in [1.82, 2.24) is 0 Å². The molecule has 0 nitrogen and oxygen atoms in total. The first-order valence-corrected chi connectivity index (χ1v) is 18.6. The molecule has 0 aliphatic carbocycles. The molecule has 7 rings (SSSR count). The molecule has 7 aromatic carbocycles. The van der Waals surface area contributed by atoms with Crippen LogP contribution in [0.1, 0.15) is 5.56 Å². The molecule has 0 aliphatic rings. The fourth-order valence-electron chi connectivity index (χ4n) is 4.85. The van der Waals surface area contributed by atoms with Gasteiger partial charge in [0.15, 0.2) is 0 Å². The van der Waals surface area contributed by atoms with Gasteiger partial charge in [-0.1, -0.05) is 85.3 Å². The topological polar surface area (TPSA) is 0 Å². The monoisotopic (exact) mass is 580 g/mol. The van der Waals surface area contributed by atoms with E-state index in [0.29, 0.717) is 0 Å². The molecule has 0 bridgehead atoms. The number of benzene rings is 5. The van der Waals surface area contributed by atoms with Crippen LogP contribution in [0.3, 0.4) is 0 Å². The molecular formula is C36H30SiZr. The maximum absolute atomic E-state index is 2.35. The average Bonchev–Trinajstić information content (AvgIpc) is 3.54. The number of rotatable bonds is 2. The Kier molecular flexibility index (Phi) is 8.64. The van der Waals surface area contributed by atoms with Gasteiger partial charge in [-0.2, -0.15) is 6.07 Å². The molecule has 0 amide bonds. The van der Waals surface area contributed by atoms with Gasteiger partial charge < -0.3 is 0 Å². The second kappa shape index (κ2) is 12.5. The molecular weight excluding hydrogens is 552 g/mol. The second-order valence-corrected chi connectivity index (χ2v) is 16.9. The zero-order chi connectivity index (χ0) is 26.3. The summed E-state index contributed by atoms with van der Waals surface area (Å²) in [5, 5.41) is 9.63. The molecule has 0 fully saturated rings. The van der Waals surface area contributed by atoms with Crippen molar-refractivity contribution in [3.63, 3.8) is 0 Å². The zero-order valence-corrected chi connectivity index (χ0v) is 25.3. The molecule has 2 heteroatoms. The minimum absolute atomic E-state index is 0.122. The van der Waals surface area contributed by atoms with E-state index in [-0.39, 0.29) is 5.43 Å². The fourth-order valence-corrected chi connectivity index (χ4v) is 6.77. The molecule has 0 N–H and O–H groups in total. The normalized spacial score (nSPS) is 10.5. The molecule has 7 aromatic rings. The first kappa shape index (κ1) is 26.3. The molecule has 0 atom stereocenters. The van der Waals surface area contributed by atoms with Gasteiger partial charge in [-0.3, -0.25) is 0 Å². The van der Waals surface area contributed by atoms with E-state index in [4.69, 9.17) is 0 Å². The van der Waals surface area contributed by atoms with E-state index in [1.807, 2.05) is 0 Å². The predicted octanol–water partition coefficient (Wildman–Crippen LogP) is 9.31. The van der Waals surface area contributed by atoms with Gasteiger partial charge in [0.2, 0.25) is 0 Å². The molecule has 0 spiro atoms. The molecule has 0 saturated heterocycles.